The van der Waals surface area contributed by atoms with E-state index in [0.717, 1.165) is 12.8 Å². The van der Waals surface area contributed by atoms with Crippen LogP contribution in [0.1, 0.15) is 43.5 Å². The molecule has 1 aliphatic carbocycles. The molecule has 1 fully saturated rings. The van der Waals surface area contributed by atoms with Gasteiger partial charge in [-0.25, -0.2) is 0 Å². The number of amides is 1. The molecule has 0 bridgehead atoms. The maximum absolute atomic E-state index is 11.9. The molecule has 0 aromatic carbocycles. The Morgan fingerprint density at radius 1 is 1.56 bits per heavy atom. The molecule has 0 radical (unpaired) electrons. The number of hydrogen-bond donors (Lipinski definition) is 1. The maximum Gasteiger partial charge on any atom is 0.234 e. The SMILES string of the molecule is CC(c1cccs1)N(C)CC(=O)NC1CCCC1. The lowest BCUT2D eigenvalue weighted by molar-refractivity contribution is -0.123. The Kier molecular flexibility index (Phi) is 4.78. The van der Waals surface area contributed by atoms with E-state index in [1.807, 2.05) is 7.05 Å². The third-order valence-electron chi connectivity index (χ3n) is 3.73. The van der Waals surface area contributed by atoms with Crippen LogP contribution in [-0.4, -0.2) is 30.4 Å². The Balaban J connectivity index is 1.79. The lowest BCUT2D eigenvalue weighted by atomic mass is 10.2. The van der Waals surface area contributed by atoms with Gasteiger partial charge in [-0.2, -0.15) is 0 Å². The smallest absolute Gasteiger partial charge is 0.234 e. The van der Waals surface area contributed by atoms with E-state index < -0.39 is 0 Å². The quantitative estimate of drug-likeness (QED) is 0.889. The molecule has 1 aromatic rings. The average Bonchev–Trinajstić information content (AvgIpc) is 2.99. The molecule has 0 saturated heterocycles. The number of carbonyl (C=O) groups is 1. The van der Waals surface area contributed by atoms with E-state index in [1.54, 1.807) is 11.3 Å². The minimum Gasteiger partial charge on any atom is -0.352 e. The summed E-state index contributed by atoms with van der Waals surface area (Å²) in [6.07, 6.45) is 4.81. The number of rotatable bonds is 5. The molecule has 1 unspecified atom stereocenters. The van der Waals surface area contributed by atoms with Gasteiger partial charge in [0.15, 0.2) is 0 Å². The summed E-state index contributed by atoms with van der Waals surface area (Å²) in [5, 5.41) is 5.21. The summed E-state index contributed by atoms with van der Waals surface area (Å²) in [4.78, 5) is 15.4. The monoisotopic (exact) mass is 266 g/mol. The predicted molar refractivity (Wildman–Crippen MR) is 75.8 cm³/mol. The van der Waals surface area contributed by atoms with Crippen LogP contribution in [0.25, 0.3) is 0 Å². The average molecular weight is 266 g/mol. The van der Waals surface area contributed by atoms with Crippen molar-refractivity contribution < 1.29 is 4.79 Å². The third kappa shape index (κ3) is 3.56. The van der Waals surface area contributed by atoms with Crippen LogP contribution in [0.15, 0.2) is 17.5 Å². The van der Waals surface area contributed by atoms with Gasteiger partial charge >= 0.3 is 0 Å². The lowest BCUT2D eigenvalue weighted by Crippen LogP contribution is -2.40. The number of carbonyl (C=O) groups excluding carboxylic acids is 1. The molecule has 3 nitrogen and oxygen atoms in total. The second-order valence-electron chi connectivity index (χ2n) is 5.16. The molecule has 4 heteroatoms. The molecule has 1 amide bonds. The van der Waals surface area contributed by atoms with Crippen LogP contribution in [0, 0.1) is 0 Å². The van der Waals surface area contributed by atoms with Crippen molar-refractivity contribution in [3.05, 3.63) is 22.4 Å². The molecule has 1 atom stereocenters. The standard InChI is InChI=1S/C14H22N2OS/c1-11(13-8-5-9-18-13)16(2)10-14(17)15-12-6-3-4-7-12/h5,8-9,11-12H,3-4,6-7,10H2,1-2H3,(H,15,17). The van der Waals surface area contributed by atoms with Gasteiger partial charge in [0.25, 0.3) is 0 Å². The van der Waals surface area contributed by atoms with Gasteiger partial charge in [-0.1, -0.05) is 18.9 Å². The first-order chi connectivity index (χ1) is 8.66. The number of likely N-dealkylation sites (N-methyl/N-ethyl adjacent to an activating group) is 1. The highest BCUT2D eigenvalue weighted by atomic mass is 32.1. The summed E-state index contributed by atoms with van der Waals surface area (Å²) in [6, 6.07) is 4.91. The van der Waals surface area contributed by atoms with Gasteiger partial charge in [0.2, 0.25) is 5.91 Å². The van der Waals surface area contributed by atoms with Gasteiger partial charge in [0.1, 0.15) is 0 Å². The highest BCUT2D eigenvalue weighted by Gasteiger charge is 2.20. The van der Waals surface area contributed by atoms with Gasteiger partial charge in [0, 0.05) is 17.0 Å². The van der Waals surface area contributed by atoms with Gasteiger partial charge < -0.3 is 5.32 Å². The summed E-state index contributed by atoms with van der Waals surface area (Å²) < 4.78 is 0. The van der Waals surface area contributed by atoms with Crippen molar-refractivity contribution in [1.29, 1.82) is 0 Å². The first-order valence-corrected chi connectivity index (χ1v) is 7.58. The van der Waals surface area contributed by atoms with E-state index >= 15 is 0 Å². The molecule has 0 spiro atoms. The largest absolute Gasteiger partial charge is 0.352 e. The van der Waals surface area contributed by atoms with Crippen LogP contribution in [-0.2, 0) is 4.79 Å². The molecule has 1 N–H and O–H groups in total. The topological polar surface area (TPSA) is 32.3 Å². The molecule has 2 rings (SSSR count). The fourth-order valence-corrected chi connectivity index (χ4v) is 3.30. The van der Waals surface area contributed by atoms with Crippen LogP contribution >= 0.6 is 11.3 Å². The number of nitrogens with one attached hydrogen (secondary N) is 1. The second kappa shape index (κ2) is 6.34. The normalized spacial score (nSPS) is 18.2. The Bertz CT molecular complexity index is 371. The fraction of sp³-hybridized carbons (Fsp3) is 0.643. The molecule has 1 aromatic heterocycles. The summed E-state index contributed by atoms with van der Waals surface area (Å²) >= 11 is 1.75. The van der Waals surface area contributed by atoms with E-state index in [9.17, 15) is 4.79 Å². The summed E-state index contributed by atoms with van der Waals surface area (Å²) in [5.41, 5.74) is 0. The number of nitrogens with zero attached hydrogens (tertiary/aromatic N) is 1. The fourth-order valence-electron chi connectivity index (χ4n) is 2.45. The van der Waals surface area contributed by atoms with Gasteiger partial charge in [0.05, 0.1) is 6.54 Å². The Hall–Kier alpha value is -0.870. The Morgan fingerprint density at radius 3 is 2.89 bits per heavy atom. The van der Waals surface area contributed by atoms with Crippen molar-refractivity contribution in [2.45, 2.75) is 44.7 Å². The van der Waals surface area contributed by atoms with E-state index in [1.165, 1.54) is 17.7 Å². The van der Waals surface area contributed by atoms with E-state index in [4.69, 9.17) is 0 Å². The van der Waals surface area contributed by atoms with Crippen LogP contribution in [0.3, 0.4) is 0 Å². The highest BCUT2D eigenvalue weighted by molar-refractivity contribution is 7.10. The molecule has 1 aliphatic rings. The van der Waals surface area contributed by atoms with Crippen LogP contribution < -0.4 is 5.32 Å². The van der Waals surface area contributed by atoms with Gasteiger partial charge in [-0.3, -0.25) is 9.69 Å². The van der Waals surface area contributed by atoms with Crippen LogP contribution in [0.5, 0.6) is 0 Å². The zero-order valence-corrected chi connectivity index (χ0v) is 12.0. The second-order valence-corrected chi connectivity index (χ2v) is 6.13. The van der Waals surface area contributed by atoms with Crippen LogP contribution in [0.2, 0.25) is 0 Å². The minimum atomic E-state index is 0.160. The summed E-state index contributed by atoms with van der Waals surface area (Å²) in [7, 11) is 2.01. The molecule has 1 saturated carbocycles. The molecular formula is C14H22N2OS. The van der Waals surface area contributed by atoms with Crippen molar-refractivity contribution in [2.75, 3.05) is 13.6 Å². The molecule has 1 heterocycles. The number of thiophene rings is 1. The molecule has 18 heavy (non-hydrogen) atoms. The van der Waals surface area contributed by atoms with Crippen molar-refractivity contribution in [1.82, 2.24) is 10.2 Å². The molecule has 100 valence electrons. The Morgan fingerprint density at radius 2 is 2.28 bits per heavy atom. The summed E-state index contributed by atoms with van der Waals surface area (Å²) in [5.74, 6) is 0.160. The molecular weight excluding hydrogens is 244 g/mol. The zero-order chi connectivity index (χ0) is 13.0. The zero-order valence-electron chi connectivity index (χ0n) is 11.2. The van der Waals surface area contributed by atoms with Crippen molar-refractivity contribution >= 4 is 17.2 Å². The van der Waals surface area contributed by atoms with Crippen molar-refractivity contribution in [3.8, 4) is 0 Å². The van der Waals surface area contributed by atoms with Gasteiger partial charge in [-0.15, -0.1) is 11.3 Å². The summed E-state index contributed by atoms with van der Waals surface area (Å²) in [6.45, 7) is 2.63. The number of hydrogen-bond acceptors (Lipinski definition) is 3. The van der Waals surface area contributed by atoms with E-state index in [0.29, 0.717) is 18.6 Å². The van der Waals surface area contributed by atoms with Crippen molar-refractivity contribution in [3.63, 3.8) is 0 Å². The van der Waals surface area contributed by atoms with Crippen molar-refractivity contribution in [2.24, 2.45) is 0 Å². The van der Waals surface area contributed by atoms with Gasteiger partial charge in [-0.05, 0) is 38.3 Å². The first kappa shape index (κ1) is 13.6. The lowest BCUT2D eigenvalue weighted by Gasteiger charge is -2.24. The van der Waals surface area contributed by atoms with E-state index in [2.05, 4.69) is 34.7 Å². The van der Waals surface area contributed by atoms with Crippen LogP contribution in [0.4, 0.5) is 0 Å². The van der Waals surface area contributed by atoms with E-state index in [-0.39, 0.29) is 5.91 Å². The predicted octanol–water partition coefficient (Wildman–Crippen LogP) is 2.80. The highest BCUT2D eigenvalue weighted by Crippen LogP contribution is 2.23. The Labute approximate surface area is 113 Å². The molecule has 0 aliphatic heterocycles. The minimum absolute atomic E-state index is 0.160. The third-order valence-corrected chi connectivity index (χ3v) is 4.77. The first-order valence-electron chi connectivity index (χ1n) is 6.70. The maximum atomic E-state index is 11.9.